The van der Waals surface area contributed by atoms with Crippen molar-refractivity contribution in [1.29, 1.82) is 0 Å². The fourth-order valence-corrected chi connectivity index (χ4v) is 6.29. The summed E-state index contributed by atoms with van der Waals surface area (Å²) in [5.74, 6) is 0.604. The van der Waals surface area contributed by atoms with Crippen LogP contribution in [-0.2, 0) is 16.6 Å². The van der Waals surface area contributed by atoms with Crippen LogP contribution in [-0.4, -0.2) is 92.6 Å². The topological polar surface area (TPSA) is 121 Å². The Morgan fingerprint density at radius 1 is 1.19 bits per heavy atom. The Kier molecular flexibility index (Phi) is 8.24. The van der Waals surface area contributed by atoms with Crippen LogP contribution >= 0.6 is 0 Å². The van der Waals surface area contributed by atoms with Crippen LogP contribution in [0.5, 0.6) is 0 Å². The van der Waals surface area contributed by atoms with Crippen molar-refractivity contribution in [3.8, 4) is 11.3 Å². The zero-order chi connectivity index (χ0) is 25.8. The highest BCUT2D eigenvalue weighted by Crippen LogP contribution is 2.29. The van der Waals surface area contributed by atoms with Crippen molar-refractivity contribution < 1.29 is 13.5 Å². The van der Waals surface area contributed by atoms with Crippen LogP contribution < -0.4 is 5.32 Å². The van der Waals surface area contributed by atoms with Crippen LogP contribution in [0.2, 0.25) is 0 Å². The van der Waals surface area contributed by atoms with Gasteiger partial charge in [0.15, 0.2) is 0 Å². The van der Waals surface area contributed by atoms with Crippen molar-refractivity contribution in [2.75, 3.05) is 43.8 Å². The van der Waals surface area contributed by atoms with Crippen molar-refractivity contribution in [2.45, 2.75) is 64.1 Å². The number of anilines is 1. The van der Waals surface area contributed by atoms with Gasteiger partial charge in [-0.2, -0.15) is 5.10 Å². The molecular formula is C24H36N8O3S. The number of aliphatic hydroxyl groups is 1. The highest BCUT2D eigenvalue weighted by Gasteiger charge is 2.28. The van der Waals surface area contributed by atoms with E-state index in [9.17, 15) is 13.5 Å². The van der Waals surface area contributed by atoms with Gasteiger partial charge in [0, 0.05) is 37.1 Å². The summed E-state index contributed by atoms with van der Waals surface area (Å²) in [5, 5.41) is 17.6. The van der Waals surface area contributed by atoms with Gasteiger partial charge in [-0.15, -0.1) is 0 Å². The lowest BCUT2D eigenvalue weighted by Gasteiger charge is -2.31. The molecule has 0 aliphatic carbocycles. The average Bonchev–Trinajstić information content (AvgIpc) is 3.50. The van der Waals surface area contributed by atoms with Crippen LogP contribution in [0.3, 0.4) is 0 Å². The van der Waals surface area contributed by atoms with Gasteiger partial charge in [0.25, 0.3) is 0 Å². The van der Waals surface area contributed by atoms with Gasteiger partial charge in [-0.05, 0) is 65.6 Å². The molecule has 2 aliphatic rings. The Labute approximate surface area is 213 Å². The maximum absolute atomic E-state index is 12.8. The second kappa shape index (κ2) is 11.2. The molecule has 0 saturated carbocycles. The van der Waals surface area contributed by atoms with E-state index in [-0.39, 0.29) is 11.8 Å². The van der Waals surface area contributed by atoms with E-state index >= 15 is 0 Å². The number of likely N-dealkylation sites (tertiary alicyclic amines) is 1. The van der Waals surface area contributed by atoms with Gasteiger partial charge in [-0.3, -0.25) is 4.68 Å². The van der Waals surface area contributed by atoms with E-state index in [0.717, 1.165) is 19.6 Å². The molecule has 12 heteroatoms. The van der Waals surface area contributed by atoms with Gasteiger partial charge in [0.1, 0.15) is 0 Å². The Balaban J connectivity index is 1.33. The third kappa shape index (κ3) is 7.00. The number of aromatic nitrogens is 4. The van der Waals surface area contributed by atoms with Gasteiger partial charge in [-0.1, -0.05) is 0 Å². The van der Waals surface area contributed by atoms with Gasteiger partial charge in [0.05, 0.1) is 36.4 Å². The summed E-state index contributed by atoms with van der Waals surface area (Å²) in [7, 11) is -3.25. The van der Waals surface area contributed by atoms with E-state index in [1.807, 2.05) is 0 Å². The molecule has 2 aromatic heterocycles. The van der Waals surface area contributed by atoms with Crippen molar-refractivity contribution in [3.05, 3.63) is 30.0 Å². The first kappa shape index (κ1) is 26.5. The number of nitrogens with one attached hydrogen (secondary N) is 1. The van der Waals surface area contributed by atoms with E-state index in [0.29, 0.717) is 61.8 Å². The monoisotopic (exact) mass is 516 g/mol. The van der Waals surface area contributed by atoms with Crippen LogP contribution in [0.25, 0.3) is 16.1 Å². The molecule has 0 bridgehead atoms. The van der Waals surface area contributed by atoms with Crippen LogP contribution in [0, 0.1) is 6.57 Å². The van der Waals surface area contributed by atoms with Crippen LogP contribution in [0.1, 0.15) is 46.0 Å². The molecule has 0 amide bonds. The third-order valence-electron chi connectivity index (χ3n) is 6.60. The lowest BCUT2D eigenvalue weighted by Crippen LogP contribution is -2.43. The summed E-state index contributed by atoms with van der Waals surface area (Å²) < 4.78 is 28.8. The minimum absolute atomic E-state index is 0.0469. The number of nitrogens with zero attached hydrogens (tertiary/aromatic N) is 7. The fraction of sp³-hybridized carbons (Fsp3) is 0.667. The lowest BCUT2D eigenvalue weighted by atomic mass is 10.1. The molecule has 2 saturated heterocycles. The molecule has 2 aliphatic heterocycles. The molecule has 0 aromatic carbocycles. The average molecular weight is 517 g/mol. The summed E-state index contributed by atoms with van der Waals surface area (Å²) in [4.78, 5) is 14.8. The van der Waals surface area contributed by atoms with E-state index in [2.05, 4.69) is 30.1 Å². The number of rotatable bonds is 10. The normalized spacial score (nSPS) is 18.4. The molecule has 2 aromatic rings. The van der Waals surface area contributed by atoms with E-state index < -0.39 is 15.6 Å². The first-order valence-corrected chi connectivity index (χ1v) is 14.2. The van der Waals surface area contributed by atoms with Crippen LogP contribution in [0.15, 0.2) is 18.6 Å². The Morgan fingerprint density at radius 3 is 2.58 bits per heavy atom. The Bertz CT molecular complexity index is 1170. The standard InChI is InChI=1S/C24H36N8O3S/c1-24(2,33)18-31-17-19(15-27-31)22-21(25-3)16-26-23(29-22)28-20-7-12-32(13-8-20)36(34,35)14-6-11-30-9-4-5-10-30/h15-17,20,33H,4-14,18H2,1-2H3,(H,26,28,29). The van der Waals surface area contributed by atoms with E-state index in [1.165, 1.54) is 19.0 Å². The van der Waals surface area contributed by atoms with E-state index in [4.69, 9.17) is 6.57 Å². The Morgan fingerprint density at radius 2 is 1.92 bits per heavy atom. The molecule has 196 valence electrons. The first-order valence-electron chi connectivity index (χ1n) is 12.6. The summed E-state index contributed by atoms with van der Waals surface area (Å²) >= 11 is 0. The molecule has 36 heavy (non-hydrogen) atoms. The molecule has 4 rings (SSSR count). The second-order valence-electron chi connectivity index (χ2n) is 10.3. The molecule has 0 atom stereocenters. The zero-order valence-corrected chi connectivity index (χ0v) is 21.9. The molecule has 0 radical (unpaired) electrons. The largest absolute Gasteiger partial charge is 0.389 e. The van der Waals surface area contributed by atoms with E-state index in [1.54, 1.807) is 35.2 Å². The summed E-state index contributed by atoms with van der Waals surface area (Å²) in [6.45, 7) is 15.2. The minimum Gasteiger partial charge on any atom is -0.389 e. The molecule has 2 N–H and O–H groups in total. The number of hydrogen-bond donors (Lipinski definition) is 2. The molecule has 4 heterocycles. The number of sulfonamides is 1. The van der Waals surface area contributed by atoms with Crippen molar-refractivity contribution >= 4 is 21.7 Å². The predicted molar refractivity (Wildman–Crippen MR) is 138 cm³/mol. The first-order chi connectivity index (χ1) is 17.1. The fourth-order valence-electron chi connectivity index (χ4n) is 4.77. The zero-order valence-electron chi connectivity index (χ0n) is 21.1. The molecule has 11 nitrogen and oxygen atoms in total. The summed E-state index contributed by atoms with van der Waals surface area (Å²) in [6, 6.07) is 0.0469. The van der Waals surface area contributed by atoms with Crippen LogP contribution in [0.4, 0.5) is 11.6 Å². The number of piperidine rings is 1. The van der Waals surface area contributed by atoms with Gasteiger partial charge in [-0.25, -0.2) is 27.5 Å². The van der Waals surface area contributed by atoms with Crippen molar-refractivity contribution in [3.63, 3.8) is 0 Å². The number of hydrogen-bond acceptors (Lipinski definition) is 8. The van der Waals surface area contributed by atoms with Crippen molar-refractivity contribution in [2.24, 2.45) is 0 Å². The molecule has 0 unspecified atom stereocenters. The molecule has 2 fully saturated rings. The highest BCUT2D eigenvalue weighted by molar-refractivity contribution is 7.89. The molecular weight excluding hydrogens is 480 g/mol. The smallest absolute Gasteiger partial charge is 0.231 e. The van der Waals surface area contributed by atoms with Gasteiger partial charge >= 0.3 is 0 Å². The minimum atomic E-state index is -3.25. The van der Waals surface area contributed by atoms with Gasteiger partial charge < -0.3 is 15.3 Å². The summed E-state index contributed by atoms with van der Waals surface area (Å²) in [5.41, 5.74) is 0.548. The highest BCUT2D eigenvalue weighted by atomic mass is 32.2. The van der Waals surface area contributed by atoms with Crippen molar-refractivity contribution in [1.82, 2.24) is 29.0 Å². The predicted octanol–water partition coefficient (Wildman–Crippen LogP) is 2.35. The quantitative estimate of drug-likeness (QED) is 0.462. The lowest BCUT2D eigenvalue weighted by molar-refractivity contribution is 0.0577. The Hall–Kier alpha value is -2.59. The summed E-state index contributed by atoms with van der Waals surface area (Å²) in [6.07, 6.45) is 9.30. The second-order valence-corrected chi connectivity index (χ2v) is 12.4. The third-order valence-corrected chi connectivity index (χ3v) is 8.56. The SMILES string of the molecule is [C-]#[N+]c1cnc(NC2CCN(S(=O)(=O)CCCN3CCCC3)CC2)nc1-c1cnn(CC(C)(C)O)c1. The maximum Gasteiger partial charge on any atom is 0.231 e. The molecule has 0 spiro atoms. The van der Waals surface area contributed by atoms with Gasteiger partial charge in [0.2, 0.25) is 21.7 Å². The maximum atomic E-state index is 12.8.